The summed E-state index contributed by atoms with van der Waals surface area (Å²) < 4.78 is 27.6. The van der Waals surface area contributed by atoms with E-state index in [1.54, 1.807) is 22.5 Å². The van der Waals surface area contributed by atoms with Crippen LogP contribution in [0.1, 0.15) is 56.3 Å². The number of hydrogen-bond acceptors (Lipinski definition) is 4. The van der Waals surface area contributed by atoms with Gasteiger partial charge in [-0.05, 0) is 63.6 Å². The molecule has 0 aromatic heterocycles. The molecule has 2 fully saturated rings. The van der Waals surface area contributed by atoms with Crippen LogP contribution < -0.4 is 11.1 Å². The first kappa shape index (κ1) is 19.3. The van der Waals surface area contributed by atoms with Crippen LogP contribution in [0, 0.1) is 5.92 Å². The van der Waals surface area contributed by atoms with E-state index in [1.165, 1.54) is 6.07 Å². The summed E-state index contributed by atoms with van der Waals surface area (Å²) in [6, 6.07) is 6.32. The SMILES string of the molecule is CC1CCCCN1S(=O)(=O)c1cccc(C(=O)NC(C)(CN)C2CC2)c1. The quantitative estimate of drug-likeness (QED) is 0.792. The topological polar surface area (TPSA) is 92.5 Å². The van der Waals surface area contributed by atoms with E-state index >= 15 is 0 Å². The van der Waals surface area contributed by atoms with E-state index < -0.39 is 15.6 Å². The van der Waals surface area contributed by atoms with Crippen LogP contribution in [0.4, 0.5) is 0 Å². The Morgan fingerprint density at radius 3 is 2.65 bits per heavy atom. The molecule has 1 aliphatic carbocycles. The van der Waals surface area contributed by atoms with Crippen LogP contribution in [-0.2, 0) is 10.0 Å². The fraction of sp³-hybridized carbons (Fsp3) is 0.632. The molecule has 0 radical (unpaired) electrons. The van der Waals surface area contributed by atoms with Gasteiger partial charge in [0.1, 0.15) is 0 Å². The van der Waals surface area contributed by atoms with Gasteiger partial charge >= 0.3 is 0 Å². The van der Waals surface area contributed by atoms with Gasteiger partial charge in [0.15, 0.2) is 0 Å². The molecule has 144 valence electrons. The van der Waals surface area contributed by atoms with E-state index in [-0.39, 0.29) is 16.8 Å². The summed E-state index contributed by atoms with van der Waals surface area (Å²) in [5.41, 5.74) is 5.79. The Labute approximate surface area is 156 Å². The minimum absolute atomic E-state index is 0.0124. The van der Waals surface area contributed by atoms with Gasteiger partial charge in [-0.25, -0.2) is 8.42 Å². The molecule has 1 aromatic rings. The highest BCUT2D eigenvalue weighted by Crippen LogP contribution is 2.39. The lowest BCUT2D eigenvalue weighted by Gasteiger charge is -2.32. The maximum atomic E-state index is 13.0. The number of hydrogen-bond donors (Lipinski definition) is 2. The van der Waals surface area contributed by atoms with Gasteiger partial charge in [0.2, 0.25) is 10.0 Å². The van der Waals surface area contributed by atoms with Gasteiger partial charge in [0.05, 0.1) is 10.4 Å². The Morgan fingerprint density at radius 1 is 1.31 bits per heavy atom. The standard InChI is InChI=1S/C19H29N3O3S/c1-14-6-3-4-11-22(14)26(24,25)17-8-5-7-15(12-17)18(23)21-19(2,13-20)16-9-10-16/h5,7-8,12,14,16H,3-4,6,9-11,13,20H2,1-2H3,(H,21,23). The van der Waals surface area contributed by atoms with Crippen molar-refractivity contribution in [3.8, 4) is 0 Å². The largest absolute Gasteiger partial charge is 0.345 e. The highest BCUT2D eigenvalue weighted by molar-refractivity contribution is 7.89. The van der Waals surface area contributed by atoms with E-state index in [9.17, 15) is 13.2 Å². The van der Waals surface area contributed by atoms with Gasteiger partial charge in [-0.1, -0.05) is 12.5 Å². The van der Waals surface area contributed by atoms with Crippen molar-refractivity contribution in [2.24, 2.45) is 11.7 Å². The Kier molecular flexibility index (Phi) is 5.42. The summed E-state index contributed by atoms with van der Waals surface area (Å²) in [4.78, 5) is 12.9. The normalized spacial score (nSPS) is 24.0. The molecule has 3 N–H and O–H groups in total. The number of benzene rings is 1. The average molecular weight is 380 g/mol. The maximum Gasteiger partial charge on any atom is 0.251 e. The zero-order chi connectivity index (χ0) is 18.9. The van der Waals surface area contributed by atoms with Gasteiger partial charge in [-0.15, -0.1) is 0 Å². The zero-order valence-electron chi connectivity index (χ0n) is 15.6. The maximum absolute atomic E-state index is 13.0. The highest BCUT2D eigenvalue weighted by Gasteiger charge is 2.41. The first-order valence-corrected chi connectivity index (χ1v) is 10.9. The molecule has 7 heteroatoms. The second kappa shape index (κ2) is 7.29. The fourth-order valence-corrected chi connectivity index (χ4v) is 5.48. The lowest BCUT2D eigenvalue weighted by atomic mass is 9.95. The van der Waals surface area contributed by atoms with Crippen LogP contribution in [0.15, 0.2) is 29.2 Å². The Bertz CT molecular complexity index is 776. The first-order valence-electron chi connectivity index (χ1n) is 9.42. The molecular weight excluding hydrogens is 350 g/mol. The average Bonchev–Trinajstić information content (AvgIpc) is 3.47. The molecule has 3 rings (SSSR count). The molecular formula is C19H29N3O3S. The molecule has 1 saturated heterocycles. The van der Waals surface area contributed by atoms with Crippen molar-refractivity contribution in [1.29, 1.82) is 0 Å². The molecule has 1 saturated carbocycles. The van der Waals surface area contributed by atoms with Crippen molar-refractivity contribution < 1.29 is 13.2 Å². The number of sulfonamides is 1. The Balaban J connectivity index is 1.82. The van der Waals surface area contributed by atoms with Gasteiger partial charge in [0.25, 0.3) is 5.91 Å². The van der Waals surface area contributed by atoms with Crippen molar-refractivity contribution in [2.75, 3.05) is 13.1 Å². The molecule has 2 unspecified atom stereocenters. The number of carbonyl (C=O) groups excluding carboxylic acids is 1. The number of carbonyl (C=O) groups is 1. The third-order valence-corrected chi connectivity index (χ3v) is 7.76. The number of nitrogens with one attached hydrogen (secondary N) is 1. The summed E-state index contributed by atoms with van der Waals surface area (Å²) in [5.74, 6) is 0.131. The lowest BCUT2D eigenvalue weighted by Crippen LogP contribution is -2.53. The van der Waals surface area contributed by atoms with E-state index in [4.69, 9.17) is 5.73 Å². The summed E-state index contributed by atoms with van der Waals surface area (Å²) >= 11 is 0. The van der Waals surface area contributed by atoms with Crippen LogP contribution in [0.2, 0.25) is 0 Å². The van der Waals surface area contributed by atoms with Gasteiger partial charge in [-0.2, -0.15) is 4.31 Å². The second-order valence-electron chi connectivity index (χ2n) is 7.84. The molecule has 0 spiro atoms. The van der Waals surface area contributed by atoms with Crippen LogP contribution >= 0.6 is 0 Å². The van der Waals surface area contributed by atoms with E-state index in [2.05, 4.69) is 5.32 Å². The summed E-state index contributed by atoms with van der Waals surface area (Å²) in [5, 5.41) is 3.02. The molecule has 2 atom stereocenters. The van der Waals surface area contributed by atoms with Crippen molar-refractivity contribution in [1.82, 2.24) is 9.62 Å². The molecule has 1 heterocycles. The number of nitrogens with two attached hydrogens (primary N) is 1. The van der Waals surface area contributed by atoms with Crippen LogP contribution in [0.5, 0.6) is 0 Å². The van der Waals surface area contributed by atoms with Crippen molar-refractivity contribution in [2.45, 2.75) is 62.4 Å². The smallest absolute Gasteiger partial charge is 0.251 e. The summed E-state index contributed by atoms with van der Waals surface area (Å²) in [7, 11) is -3.59. The fourth-order valence-electron chi connectivity index (χ4n) is 3.73. The molecule has 1 aromatic carbocycles. The molecule has 2 aliphatic rings. The predicted molar refractivity (Wildman–Crippen MR) is 101 cm³/mol. The number of nitrogens with zero attached hydrogens (tertiary/aromatic N) is 1. The van der Waals surface area contributed by atoms with Crippen LogP contribution in [0.25, 0.3) is 0 Å². The molecule has 6 nitrogen and oxygen atoms in total. The van der Waals surface area contributed by atoms with Gasteiger partial charge in [0, 0.05) is 24.7 Å². The van der Waals surface area contributed by atoms with Crippen LogP contribution in [-0.4, -0.2) is 43.3 Å². The van der Waals surface area contributed by atoms with E-state index in [0.29, 0.717) is 24.6 Å². The Morgan fingerprint density at radius 2 is 2.04 bits per heavy atom. The lowest BCUT2D eigenvalue weighted by molar-refractivity contribution is 0.0897. The van der Waals surface area contributed by atoms with E-state index in [0.717, 1.165) is 32.1 Å². The van der Waals surface area contributed by atoms with Gasteiger partial charge < -0.3 is 11.1 Å². The highest BCUT2D eigenvalue weighted by atomic mass is 32.2. The third kappa shape index (κ3) is 3.80. The summed E-state index contributed by atoms with van der Waals surface area (Å²) in [6.07, 6.45) is 4.93. The molecule has 0 bridgehead atoms. The Hall–Kier alpha value is -1.44. The predicted octanol–water partition coefficient (Wildman–Crippen LogP) is 2.11. The number of amides is 1. The van der Waals surface area contributed by atoms with Gasteiger partial charge in [-0.3, -0.25) is 4.79 Å². The number of rotatable bonds is 6. The third-order valence-electron chi connectivity index (χ3n) is 5.75. The van der Waals surface area contributed by atoms with E-state index in [1.807, 2.05) is 13.8 Å². The van der Waals surface area contributed by atoms with Crippen molar-refractivity contribution in [3.63, 3.8) is 0 Å². The molecule has 26 heavy (non-hydrogen) atoms. The minimum Gasteiger partial charge on any atom is -0.345 e. The zero-order valence-corrected chi connectivity index (χ0v) is 16.4. The molecule has 1 amide bonds. The second-order valence-corrected chi connectivity index (χ2v) is 9.73. The summed E-state index contributed by atoms with van der Waals surface area (Å²) in [6.45, 7) is 4.80. The number of piperidine rings is 1. The minimum atomic E-state index is -3.59. The molecule has 1 aliphatic heterocycles. The monoisotopic (exact) mass is 379 g/mol. The first-order chi connectivity index (χ1) is 12.3. The van der Waals surface area contributed by atoms with Crippen molar-refractivity contribution in [3.05, 3.63) is 29.8 Å². The van der Waals surface area contributed by atoms with Crippen LogP contribution in [0.3, 0.4) is 0 Å². The van der Waals surface area contributed by atoms with Crippen molar-refractivity contribution >= 4 is 15.9 Å².